The van der Waals surface area contributed by atoms with Gasteiger partial charge in [-0.3, -0.25) is 0 Å². The molecule has 0 aromatic carbocycles. The normalized spacial score (nSPS) is 18.8. The first-order valence-electron chi connectivity index (χ1n) is 7.13. The molecule has 98 valence electrons. The molecule has 0 saturated heterocycles. The standard InChI is InChI=1S/C15H18N4/c1-8-17-19(9-1)14-7-6-13(10-16-14)18-15(11-2-3-11)12-4-5-12/h1,6-12,15,18H,2-5H2. The molecule has 2 aromatic rings. The molecule has 0 unspecified atom stereocenters. The Morgan fingerprint density at radius 1 is 1.16 bits per heavy atom. The zero-order chi connectivity index (χ0) is 12.7. The summed E-state index contributed by atoms with van der Waals surface area (Å²) in [6.45, 7) is 0. The molecule has 2 saturated carbocycles. The molecule has 0 bridgehead atoms. The van der Waals surface area contributed by atoms with Crippen LogP contribution in [0, 0.1) is 11.8 Å². The van der Waals surface area contributed by atoms with Crippen molar-refractivity contribution in [2.45, 2.75) is 31.7 Å². The number of aromatic nitrogens is 3. The molecule has 0 radical (unpaired) electrons. The summed E-state index contributed by atoms with van der Waals surface area (Å²) in [6.07, 6.45) is 11.2. The van der Waals surface area contributed by atoms with E-state index in [0.29, 0.717) is 6.04 Å². The van der Waals surface area contributed by atoms with Gasteiger partial charge in [-0.2, -0.15) is 5.10 Å². The molecule has 4 heteroatoms. The summed E-state index contributed by atoms with van der Waals surface area (Å²) < 4.78 is 1.78. The van der Waals surface area contributed by atoms with Gasteiger partial charge in [0, 0.05) is 18.4 Å². The molecule has 2 fully saturated rings. The summed E-state index contributed by atoms with van der Waals surface area (Å²) in [5, 5.41) is 7.87. The minimum absolute atomic E-state index is 0.678. The van der Waals surface area contributed by atoms with E-state index >= 15 is 0 Å². The lowest BCUT2D eigenvalue weighted by molar-refractivity contribution is 0.567. The highest BCUT2D eigenvalue weighted by atomic mass is 15.3. The molecule has 0 amide bonds. The predicted octanol–water partition coefficient (Wildman–Crippen LogP) is 2.87. The van der Waals surface area contributed by atoms with Gasteiger partial charge in [0.1, 0.15) is 0 Å². The topological polar surface area (TPSA) is 42.7 Å². The first-order valence-corrected chi connectivity index (χ1v) is 7.13. The Labute approximate surface area is 112 Å². The van der Waals surface area contributed by atoms with Crippen LogP contribution in [0.4, 0.5) is 5.69 Å². The summed E-state index contributed by atoms with van der Waals surface area (Å²) in [7, 11) is 0. The highest BCUT2D eigenvalue weighted by molar-refractivity contribution is 5.45. The van der Waals surface area contributed by atoms with Crippen LogP contribution >= 0.6 is 0 Å². The van der Waals surface area contributed by atoms with E-state index in [1.807, 2.05) is 24.5 Å². The maximum absolute atomic E-state index is 4.47. The van der Waals surface area contributed by atoms with E-state index in [4.69, 9.17) is 0 Å². The highest BCUT2D eigenvalue weighted by Crippen LogP contribution is 2.45. The van der Waals surface area contributed by atoms with Crippen LogP contribution in [0.1, 0.15) is 25.7 Å². The van der Waals surface area contributed by atoms with E-state index in [2.05, 4.69) is 21.5 Å². The van der Waals surface area contributed by atoms with E-state index in [0.717, 1.165) is 23.3 Å². The molecule has 4 rings (SSSR count). The van der Waals surface area contributed by atoms with Crippen LogP contribution in [-0.4, -0.2) is 20.8 Å². The molecular formula is C15H18N4. The van der Waals surface area contributed by atoms with Gasteiger partial charge >= 0.3 is 0 Å². The van der Waals surface area contributed by atoms with Crippen LogP contribution in [0.5, 0.6) is 0 Å². The number of pyridine rings is 1. The molecule has 2 heterocycles. The molecule has 0 atom stereocenters. The molecule has 0 spiro atoms. The van der Waals surface area contributed by atoms with Gasteiger partial charge in [-0.1, -0.05) is 0 Å². The van der Waals surface area contributed by atoms with Crippen LogP contribution in [0.3, 0.4) is 0 Å². The first-order chi connectivity index (χ1) is 9.40. The van der Waals surface area contributed by atoms with E-state index < -0.39 is 0 Å². The Hall–Kier alpha value is -1.84. The van der Waals surface area contributed by atoms with Crippen LogP contribution in [-0.2, 0) is 0 Å². The van der Waals surface area contributed by atoms with Gasteiger partial charge in [-0.15, -0.1) is 0 Å². The molecular weight excluding hydrogens is 236 g/mol. The Morgan fingerprint density at radius 2 is 1.95 bits per heavy atom. The lowest BCUT2D eigenvalue weighted by atomic mass is 10.1. The minimum Gasteiger partial charge on any atom is -0.381 e. The van der Waals surface area contributed by atoms with Crippen LogP contribution < -0.4 is 5.32 Å². The second-order valence-corrected chi connectivity index (χ2v) is 5.70. The molecule has 1 N–H and O–H groups in total. The predicted molar refractivity (Wildman–Crippen MR) is 74.2 cm³/mol. The van der Waals surface area contributed by atoms with Gasteiger partial charge in [0.2, 0.25) is 0 Å². The fraction of sp³-hybridized carbons (Fsp3) is 0.467. The lowest BCUT2D eigenvalue weighted by Gasteiger charge is -2.18. The third-order valence-corrected chi connectivity index (χ3v) is 4.08. The maximum atomic E-state index is 4.47. The van der Waals surface area contributed by atoms with Gasteiger partial charge in [-0.25, -0.2) is 9.67 Å². The molecule has 19 heavy (non-hydrogen) atoms. The lowest BCUT2D eigenvalue weighted by Crippen LogP contribution is -2.24. The molecule has 2 aliphatic rings. The fourth-order valence-corrected chi connectivity index (χ4v) is 2.74. The number of nitrogens with one attached hydrogen (secondary N) is 1. The van der Waals surface area contributed by atoms with Crippen molar-refractivity contribution in [3.8, 4) is 5.82 Å². The summed E-state index contributed by atoms with van der Waals surface area (Å²) >= 11 is 0. The van der Waals surface area contributed by atoms with Crippen molar-refractivity contribution >= 4 is 5.69 Å². The van der Waals surface area contributed by atoms with Gasteiger partial charge in [0.15, 0.2) is 5.82 Å². The first kappa shape index (κ1) is 11.0. The average molecular weight is 254 g/mol. The van der Waals surface area contributed by atoms with Crippen molar-refractivity contribution in [3.05, 3.63) is 36.8 Å². The quantitative estimate of drug-likeness (QED) is 0.892. The van der Waals surface area contributed by atoms with Gasteiger partial charge in [0.25, 0.3) is 0 Å². The Morgan fingerprint density at radius 3 is 2.47 bits per heavy atom. The minimum atomic E-state index is 0.678. The zero-order valence-electron chi connectivity index (χ0n) is 10.9. The smallest absolute Gasteiger partial charge is 0.153 e. The number of hydrogen-bond donors (Lipinski definition) is 1. The third-order valence-electron chi connectivity index (χ3n) is 4.08. The van der Waals surface area contributed by atoms with Crippen LogP contribution in [0.15, 0.2) is 36.8 Å². The van der Waals surface area contributed by atoms with Crippen LogP contribution in [0.25, 0.3) is 5.82 Å². The van der Waals surface area contributed by atoms with E-state index in [1.165, 1.54) is 25.7 Å². The Kier molecular flexibility index (Phi) is 2.53. The molecule has 2 aliphatic carbocycles. The SMILES string of the molecule is c1cnn(-c2ccc(NC(C3CC3)C3CC3)cn2)c1. The molecule has 0 aliphatic heterocycles. The highest BCUT2D eigenvalue weighted by Gasteiger charge is 2.41. The van der Waals surface area contributed by atoms with Gasteiger partial charge in [-0.05, 0) is 55.7 Å². The summed E-state index contributed by atoms with van der Waals surface area (Å²) in [5.41, 5.74) is 1.14. The summed E-state index contributed by atoms with van der Waals surface area (Å²) in [5.74, 6) is 2.67. The second-order valence-electron chi connectivity index (χ2n) is 5.70. The van der Waals surface area contributed by atoms with Crippen molar-refractivity contribution in [1.82, 2.24) is 14.8 Å². The van der Waals surface area contributed by atoms with Crippen molar-refractivity contribution in [1.29, 1.82) is 0 Å². The fourth-order valence-electron chi connectivity index (χ4n) is 2.74. The number of anilines is 1. The van der Waals surface area contributed by atoms with E-state index in [9.17, 15) is 0 Å². The summed E-state index contributed by atoms with van der Waals surface area (Å²) in [6, 6.07) is 6.72. The van der Waals surface area contributed by atoms with Crippen molar-refractivity contribution in [2.75, 3.05) is 5.32 Å². The largest absolute Gasteiger partial charge is 0.381 e. The molecule has 2 aromatic heterocycles. The number of rotatable bonds is 5. The summed E-state index contributed by atoms with van der Waals surface area (Å²) in [4.78, 5) is 4.47. The van der Waals surface area contributed by atoms with Gasteiger partial charge in [0.05, 0.1) is 11.9 Å². The zero-order valence-corrected chi connectivity index (χ0v) is 10.9. The second kappa shape index (κ2) is 4.37. The average Bonchev–Trinajstić information content (AvgIpc) is 3.37. The molecule has 4 nitrogen and oxygen atoms in total. The maximum Gasteiger partial charge on any atom is 0.153 e. The number of hydrogen-bond acceptors (Lipinski definition) is 3. The monoisotopic (exact) mass is 254 g/mol. The van der Waals surface area contributed by atoms with Crippen LogP contribution in [0.2, 0.25) is 0 Å². The van der Waals surface area contributed by atoms with E-state index in [1.54, 1.807) is 10.9 Å². The number of nitrogens with zero attached hydrogens (tertiary/aromatic N) is 3. The third kappa shape index (κ3) is 2.35. The van der Waals surface area contributed by atoms with Crippen molar-refractivity contribution in [3.63, 3.8) is 0 Å². The van der Waals surface area contributed by atoms with E-state index in [-0.39, 0.29) is 0 Å². The van der Waals surface area contributed by atoms with Crippen molar-refractivity contribution in [2.24, 2.45) is 11.8 Å². The Bertz CT molecular complexity index is 526. The van der Waals surface area contributed by atoms with Gasteiger partial charge < -0.3 is 5.32 Å². The van der Waals surface area contributed by atoms with Crippen molar-refractivity contribution < 1.29 is 0 Å². The Balaban J connectivity index is 1.49.